The van der Waals surface area contributed by atoms with Crippen LogP contribution in [0.4, 0.5) is 0 Å². The van der Waals surface area contributed by atoms with E-state index in [0.29, 0.717) is 11.5 Å². The Hall–Kier alpha value is -1.52. The highest BCUT2D eigenvalue weighted by Gasteiger charge is 2.26. The van der Waals surface area contributed by atoms with Gasteiger partial charge in [-0.2, -0.15) is 0 Å². The average Bonchev–Trinajstić information content (AvgIpc) is 2.47. The molecule has 0 fully saturated rings. The first-order chi connectivity index (χ1) is 9.47. The third-order valence-electron chi connectivity index (χ3n) is 3.32. The van der Waals surface area contributed by atoms with Gasteiger partial charge in [0.05, 0.1) is 14.2 Å². The van der Waals surface area contributed by atoms with Crippen LogP contribution in [0.15, 0.2) is 46.9 Å². The van der Waals surface area contributed by atoms with Crippen LogP contribution in [-0.2, 0) is 5.60 Å². The smallest absolute Gasteiger partial charge is 0.122 e. The van der Waals surface area contributed by atoms with Gasteiger partial charge in [-0.15, -0.1) is 0 Å². The third kappa shape index (κ3) is 2.97. The van der Waals surface area contributed by atoms with Crippen molar-refractivity contribution < 1.29 is 14.6 Å². The van der Waals surface area contributed by atoms with Gasteiger partial charge in [0.15, 0.2) is 0 Å². The summed E-state index contributed by atoms with van der Waals surface area (Å²) in [6.07, 6.45) is 0. The fourth-order valence-corrected chi connectivity index (χ4v) is 2.29. The number of aliphatic hydroxyl groups is 1. The SMILES string of the molecule is COc1cc(OC)cc(C(C)(O)c2ccc(Br)cc2)c1. The van der Waals surface area contributed by atoms with Crippen molar-refractivity contribution in [3.8, 4) is 11.5 Å². The predicted molar refractivity (Wildman–Crippen MR) is 82.4 cm³/mol. The van der Waals surface area contributed by atoms with E-state index in [9.17, 15) is 5.11 Å². The number of methoxy groups -OCH3 is 2. The molecule has 1 unspecified atom stereocenters. The molecule has 20 heavy (non-hydrogen) atoms. The molecule has 0 heterocycles. The molecule has 0 radical (unpaired) electrons. The summed E-state index contributed by atoms with van der Waals surface area (Å²) in [6, 6.07) is 13.0. The van der Waals surface area contributed by atoms with Gasteiger partial charge in [-0.3, -0.25) is 0 Å². The lowest BCUT2D eigenvalue weighted by Gasteiger charge is -2.25. The maximum atomic E-state index is 10.9. The van der Waals surface area contributed by atoms with Gasteiger partial charge >= 0.3 is 0 Å². The maximum Gasteiger partial charge on any atom is 0.122 e. The molecule has 2 aromatic carbocycles. The van der Waals surface area contributed by atoms with Crippen molar-refractivity contribution in [3.63, 3.8) is 0 Å². The van der Waals surface area contributed by atoms with Crippen LogP contribution in [0.5, 0.6) is 11.5 Å². The van der Waals surface area contributed by atoms with Gasteiger partial charge in [0.2, 0.25) is 0 Å². The van der Waals surface area contributed by atoms with E-state index < -0.39 is 5.60 Å². The number of ether oxygens (including phenoxy) is 2. The lowest BCUT2D eigenvalue weighted by Crippen LogP contribution is -2.22. The highest BCUT2D eigenvalue weighted by Crippen LogP contribution is 2.34. The predicted octanol–water partition coefficient (Wildman–Crippen LogP) is 3.72. The fraction of sp³-hybridized carbons (Fsp3) is 0.250. The Morgan fingerprint density at radius 2 is 1.40 bits per heavy atom. The quantitative estimate of drug-likeness (QED) is 0.924. The van der Waals surface area contributed by atoms with Crippen molar-refractivity contribution in [2.75, 3.05) is 14.2 Å². The van der Waals surface area contributed by atoms with Gasteiger partial charge in [-0.25, -0.2) is 0 Å². The normalized spacial score (nSPS) is 13.7. The summed E-state index contributed by atoms with van der Waals surface area (Å²) >= 11 is 3.39. The molecule has 0 aliphatic carbocycles. The molecule has 2 rings (SSSR count). The van der Waals surface area contributed by atoms with Gasteiger partial charge in [-0.1, -0.05) is 28.1 Å². The molecule has 4 heteroatoms. The topological polar surface area (TPSA) is 38.7 Å². The molecular formula is C16H17BrO3. The van der Waals surface area contributed by atoms with E-state index in [0.717, 1.165) is 15.6 Å². The Balaban J connectivity index is 2.49. The summed E-state index contributed by atoms with van der Waals surface area (Å²) < 4.78 is 11.5. The van der Waals surface area contributed by atoms with E-state index in [1.807, 2.05) is 36.4 Å². The number of hydrogen-bond acceptors (Lipinski definition) is 3. The second-order valence-electron chi connectivity index (χ2n) is 4.68. The Bertz CT molecular complexity index is 569. The number of halogens is 1. The van der Waals surface area contributed by atoms with Crippen molar-refractivity contribution in [1.82, 2.24) is 0 Å². The molecule has 0 aromatic heterocycles. The van der Waals surface area contributed by atoms with Crippen LogP contribution in [-0.4, -0.2) is 19.3 Å². The first-order valence-electron chi connectivity index (χ1n) is 6.19. The summed E-state index contributed by atoms with van der Waals surface area (Å²) in [7, 11) is 3.18. The van der Waals surface area contributed by atoms with Crippen LogP contribution in [0.2, 0.25) is 0 Å². The molecule has 2 aromatic rings. The van der Waals surface area contributed by atoms with E-state index >= 15 is 0 Å². The van der Waals surface area contributed by atoms with E-state index in [2.05, 4.69) is 15.9 Å². The molecular weight excluding hydrogens is 320 g/mol. The fourth-order valence-electron chi connectivity index (χ4n) is 2.03. The van der Waals surface area contributed by atoms with Crippen LogP contribution in [0, 0.1) is 0 Å². The Labute approximate surface area is 127 Å². The molecule has 0 amide bonds. The van der Waals surface area contributed by atoms with Crippen molar-refractivity contribution in [3.05, 3.63) is 58.1 Å². The molecule has 1 atom stereocenters. The third-order valence-corrected chi connectivity index (χ3v) is 3.85. The van der Waals surface area contributed by atoms with Crippen LogP contribution < -0.4 is 9.47 Å². The zero-order chi connectivity index (χ0) is 14.8. The lowest BCUT2D eigenvalue weighted by atomic mass is 9.88. The Kier molecular flexibility index (Phi) is 4.35. The molecule has 0 spiro atoms. The second-order valence-corrected chi connectivity index (χ2v) is 5.60. The van der Waals surface area contributed by atoms with Crippen molar-refractivity contribution in [2.45, 2.75) is 12.5 Å². The maximum absolute atomic E-state index is 10.9. The molecule has 0 saturated carbocycles. The minimum absolute atomic E-state index is 0.650. The van der Waals surface area contributed by atoms with Crippen LogP contribution >= 0.6 is 15.9 Å². The second kappa shape index (κ2) is 5.85. The number of rotatable bonds is 4. The van der Waals surface area contributed by atoms with Gasteiger partial charge in [0.25, 0.3) is 0 Å². The molecule has 0 aliphatic heterocycles. The van der Waals surface area contributed by atoms with E-state index in [1.165, 1.54) is 0 Å². The molecule has 1 N–H and O–H groups in total. The molecule has 0 aliphatic rings. The largest absolute Gasteiger partial charge is 0.497 e. The highest BCUT2D eigenvalue weighted by molar-refractivity contribution is 9.10. The molecule has 106 valence electrons. The molecule has 3 nitrogen and oxygen atoms in total. The summed E-state index contributed by atoms with van der Waals surface area (Å²) in [5.74, 6) is 1.30. The van der Waals surface area contributed by atoms with Crippen molar-refractivity contribution >= 4 is 15.9 Å². The summed E-state index contributed by atoms with van der Waals surface area (Å²) in [5, 5.41) is 10.9. The van der Waals surface area contributed by atoms with E-state index in [-0.39, 0.29) is 0 Å². The first-order valence-corrected chi connectivity index (χ1v) is 6.98. The molecule has 0 saturated heterocycles. The highest BCUT2D eigenvalue weighted by atomic mass is 79.9. The van der Waals surface area contributed by atoms with Crippen molar-refractivity contribution in [1.29, 1.82) is 0 Å². The van der Waals surface area contributed by atoms with Crippen LogP contribution in [0.25, 0.3) is 0 Å². The van der Waals surface area contributed by atoms with Gasteiger partial charge in [0, 0.05) is 10.5 Å². The first kappa shape index (κ1) is 14.9. The van der Waals surface area contributed by atoms with Gasteiger partial charge in [0.1, 0.15) is 17.1 Å². The minimum atomic E-state index is -1.12. The Morgan fingerprint density at radius 1 is 0.900 bits per heavy atom. The van der Waals surface area contributed by atoms with Gasteiger partial charge in [-0.05, 0) is 42.3 Å². The number of benzene rings is 2. The zero-order valence-electron chi connectivity index (χ0n) is 11.7. The summed E-state index contributed by atoms with van der Waals surface area (Å²) in [4.78, 5) is 0. The van der Waals surface area contributed by atoms with E-state index in [4.69, 9.17) is 9.47 Å². The van der Waals surface area contributed by atoms with Crippen molar-refractivity contribution in [2.24, 2.45) is 0 Å². The standard InChI is InChI=1S/C16H17BrO3/c1-16(18,11-4-6-13(17)7-5-11)12-8-14(19-2)10-15(9-12)20-3/h4-10,18H,1-3H3. The molecule has 0 bridgehead atoms. The Morgan fingerprint density at radius 3 is 1.85 bits per heavy atom. The van der Waals surface area contributed by atoms with Crippen LogP contribution in [0.3, 0.4) is 0 Å². The van der Waals surface area contributed by atoms with E-state index in [1.54, 1.807) is 27.2 Å². The number of hydrogen-bond donors (Lipinski definition) is 1. The summed E-state index contributed by atoms with van der Waals surface area (Å²) in [6.45, 7) is 1.75. The zero-order valence-corrected chi connectivity index (χ0v) is 13.3. The summed E-state index contributed by atoms with van der Waals surface area (Å²) in [5.41, 5.74) is 0.398. The monoisotopic (exact) mass is 336 g/mol. The minimum Gasteiger partial charge on any atom is -0.497 e. The lowest BCUT2D eigenvalue weighted by molar-refractivity contribution is 0.102. The van der Waals surface area contributed by atoms with Crippen LogP contribution in [0.1, 0.15) is 18.1 Å². The van der Waals surface area contributed by atoms with Gasteiger partial charge < -0.3 is 14.6 Å². The average molecular weight is 337 g/mol.